The average molecular weight is 830 g/mol. The number of aryl methyl sites for hydroxylation is 1. The number of allylic oxidation sites excluding steroid dienone is 3. The lowest BCUT2D eigenvalue weighted by Crippen LogP contribution is -2.53. The van der Waals surface area contributed by atoms with Crippen LogP contribution in [0.2, 0.25) is 0 Å². The maximum absolute atomic E-state index is 14.4. The molecule has 9 nitrogen and oxygen atoms in total. The Hall–Kier alpha value is -4.36. The van der Waals surface area contributed by atoms with Gasteiger partial charge in [-0.2, -0.15) is 0 Å². The second kappa shape index (κ2) is 18.9. The highest BCUT2D eigenvalue weighted by molar-refractivity contribution is 5.89. The van der Waals surface area contributed by atoms with Crippen LogP contribution in [0.15, 0.2) is 72.1 Å². The molecule has 0 radical (unpaired) electrons. The minimum Gasteiger partial charge on any atom is -0.504 e. The molecule has 0 bridgehead atoms. The molecule has 8 rings (SSSR count). The van der Waals surface area contributed by atoms with Crippen molar-refractivity contribution < 1.29 is 29.6 Å². The number of hydrogen-bond acceptors (Lipinski definition) is 9. The van der Waals surface area contributed by atoms with E-state index < -0.39 is 17.6 Å². The van der Waals surface area contributed by atoms with Crippen LogP contribution in [-0.2, 0) is 16.0 Å². The predicted molar refractivity (Wildman–Crippen MR) is 239 cm³/mol. The number of fused-ring (bicyclic) bond motifs is 2. The first-order valence-corrected chi connectivity index (χ1v) is 23.3. The van der Waals surface area contributed by atoms with Gasteiger partial charge < -0.3 is 36.4 Å². The average Bonchev–Trinajstić information content (AvgIpc) is 3.75. The summed E-state index contributed by atoms with van der Waals surface area (Å²) < 4.78 is 5.52. The fourth-order valence-electron chi connectivity index (χ4n) is 12.2. The monoisotopic (exact) mass is 830 g/mol. The number of dihydropyridines is 1. The fraction of sp³-hybridized carbons (Fsp3) is 0.577. The number of methoxy groups -OCH3 is 1. The molecule has 0 amide bonds. The number of carbonyl (C=O) groups excluding carboxylic acids is 2. The summed E-state index contributed by atoms with van der Waals surface area (Å²) >= 11 is 0. The first-order valence-electron chi connectivity index (χ1n) is 23.3. The summed E-state index contributed by atoms with van der Waals surface area (Å²) in [6, 6.07) is 14.0. The maximum Gasteiger partial charge on any atom is 0.160 e. The van der Waals surface area contributed by atoms with Crippen molar-refractivity contribution in [3.8, 4) is 23.3 Å². The van der Waals surface area contributed by atoms with Crippen LogP contribution in [0.4, 0.5) is 0 Å². The highest BCUT2D eigenvalue weighted by Crippen LogP contribution is 2.55. The maximum atomic E-state index is 14.4. The molecule has 0 unspecified atom stereocenters. The van der Waals surface area contributed by atoms with Crippen molar-refractivity contribution in [2.75, 3.05) is 20.2 Å². The quantitative estimate of drug-likeness (QED) is 0.119. The van der Waals surface area contributed by atoms with Gasteiger partial charge in [-0.25, -0.2) is 0 Å². The standard InChI is InChI=1S/C52H67N3O6/c1-61-47-28-39-13-16-48(59)52(22-17-35(25-49(52)60)32-51(20-5-6-21-51)41-26-40-12-15-43(57)30-45(40)55-33-41)23-18-36(44(39)31-46(47)58)11-14-42(56)27-37(38-19-24-54-50(53)29-38)10-9-34-7-3-2-4-8-34/h2-4,7-10,19,28-29,31,35-37,40-42,45,49,54-56,58,60H,5-6,11-17,20-22,24-27,30,32-33,53H2,1H3/b10-9+/t35-,36+,37+,40-,41+,42+,45-,49-,52+/m1/s1. The lowest BCUT2D eigenvalue weighted by atomic mass is 9.58. The van der Waals surface area contributed by atoms with E-state index in [4.69, 9.17) is 10.5 Å². The Bertz CT molecular complexity index is 2060. The number of aliphatic hydroxyl groups excluding tert-OH is 2. The molecule has 326 valence electrons. The van der Waals surface area contributed by atoms with E-state index in [1.807, 2.05) is 30.3 Å². The van der Waals surface area contributed by atoms with E-state index in [1.54, 1.807) is 6.07 Å². The molecule has 2 aromatic rings. The van der Waals surface area contributed by atoms with E-state index in [9.17, 15) is 24.9 Å². The highest BCUT2D eigenvalue weighted by Gasteiger charge is 2.51. The molecule has 2 aliphatic heterocycles. The summed E-state index contributed by atoms with van der Waals surface area (Å²) in [5.41, 5.74) is 9.15. The highest BCUT2D eigenvalue weighted by atomic mass is 16.5. The summed E-state index contributed by atoms with van der Waals surface area (Å²) in [6.45, 7) is 1.60. The van der Waals surface area contributed by atoms with E-state index in [0.717, 1.165) is 48.1 Å². The van der Waals surface area contributed by atoms with E-state index in [0.29, 0.717) is 99.1 Å². The van der Waals surface area contributed by atoms with Crippen LogP contribution < -0.4 is 21.1 Å². The van der Waals surface area contributed by atoms with Gasteiger partial charge in [0.15, 0.2) is 17.3 Å². The number of ketones is 2. The molecule has 61 heavy (non-hydrogen) atoms. The van der Waals surface area contributed by atoms with Crippen LogP contribution >= 0.6 is 0 Å². The van der Waals surface area contributed by atoms with Gasteiger partial charge in [0.2, 0.25) is 0 Å². The third-order valence-corrected chi connectivity index (χ3v) is 15.7. The van der Waals surface area contributed by atoms with Crippen molar-refractivity contribution in [2.24, 2.45) is 40.2 Å². The van der Waals surface area contributed by atoms with E-state index in [2.05, 4.69) is 52.8 Å². The molecular weight excluding hydrogens is 763 g/mol. The molecule has 2 aromatic carbocycles. The molecule has 6 aliphatic rings. The summed E-state index contributed by atoms with van der Waals surface area (Å²) in [7, 11) is 1.53. The predicted octanol–water partition coefficient (Wildman–Crippen LogP) is 7.64. The van der Waals surface area contributed by atoms with E-state index in [1.165, 1.54) is 39.2 Å². The third kappa shape index (κ3) is 9.67. The van der Waals surface area contributed by atoms with E-state index in [-0.39, 0.29) is 35.2 Å². The Morgan fingerprint density at radius 2 is 1.87 bits per heavy atom. The molecule has 4 fully saturated rings. The number of benzene rings is 2. The number of aliphatic hydroxyl groups is 2. The fourth-order valence-corrected chi connectivity index (χ4v) is 12.2. The summed E-state index contributed by atoms with van der Waals surface area (Å²) in [5, 5.41) is 41.9. The number of hydrogen-bond donors (Lipinski definition) is 6. The SMILES string of the molecule is COc1cc2c(cc1O)[C@@H](CC[C@H](O)C[C@H](/C=C/c1ccccc1)C1=CCNC(N)=C1)C#C[C@@]1(CC[C@@H](CC3([C@@H]4CN[C@@H]5CC(=O)CC[C@@H]5C4)CCCC3)C[C@H]1O)C(=O)CC2. The summed E-state index contributed by atoms with van der Waals surface area (Å²) in [6.07, 6.45) is 20.4. The van der Waals surface area contributed by atoms with Crippen molar-refractivity contribution in [3.63, 3.8) is 0 Å². The van der Waals surface area contributed by atoms with Crippen molar-refractivity contribution in [2.45, 2.75) is 133 Å². The van der Waals surface area contributed by atoms with Crippen LogP contribution in [0, 0.1) is 46.3 Å². The Morgan fingerprint density at radius 1 is 1.05 bits per heavy atom. The number of ether oxygens (including phenoxy) is 1. The number of rotatable bonds is 12. The number of aromatic hydroxyl groups is 1. The largest absolute Gasteiger partial charge is 0.504 e. The van der Waals surface area contributed by atoms with Crippen LogP contribution in [-0.4, -0.2) is 65.3 Å². The molecule has 1 saturated heterocycles. The molecule has 0 aromatic heterocycles. The van der Waals surface area contributed by atoms with Gasteiger partial charge in [0, 0.05) is 43.7 Å². The normalized spacial score (nSPS) is 30.9. The Morgan fingerprint density at radius 3 is 2.64 bits per heavy atom. The van der Waals surface area contributed by atoms with Crippen LogP contribution in [0.25, 0.3) is 6.08 Å². The van der Waals surface area contributed by atoms with Gasteiger partial charge in [0.1, 0.15) is 11.2 Å². The van der Waals surface area contributed by atoms with Crippen LogP contribution in [0.1, 0.15) is 125 Å². The van der Waals surface area contributed by atoms with Gasteiger partial charge in [0.05, 0.1) is 25.1 Å². The minimum atomic E-state index is -1.15. The number of piperidine rings is 1. The van der Waals surface area contributed by atoms with Gasteiger partial charge >= 0.3 is 0 Å². The summed E-state index contributed by atoms with van der Waals surface area (Å²) in [5.74, 6) is 9.37. The lowest BCUT2D eigenvalue weighted by molar-refractivity contribution is -0.135. The molecule has 9 heteroatoms. The Labute approximate surface area is 362 Å². The molecule has 4 aliphatic carbocycles. The van der Waals surface area contributed by atoms with Crippen molar-refractivity contribution in [3.05, 3.63) is 88.8 Å². The first kappa shape index (κ1) is 43.3. The minimum absolute atomic E-state index is 0.00908. The Kier molecular flexibility index (Phi) is 13.4. The zero-order valence-electron chi connectivity index (χ0n) is 36.0. The van der Waals surface area contributed by atoms with Crippen molar-refractivity contribution >= 4 is 17.6 Å². The molecule has 9 atom stereocenters. The number of carbonyl (C=O) groups is 2. The topological polar surface area (TPSA) is 154 Å². The van der Waals surface area contributed by atoms with Gasteiger partial charge in [0.25, 0.3) is 0 Å². The number of Topliss-reactive ketones (excluding diaryl/α,β-unsaturated/α-hetero) is 2. The molecular formula is C52H67N3O6. The van der Waals surface area contributed by atoms with E-state index >= 15 is 0 Å². The molecule has 1 spiro atoms. The van der Waals surface area contributed by atoms with Crippen LogP contribution in [0.5, 0.6) is 11.5 Å². The second-order valence-corrected chi connectivity index (χ2v) is 19.4. The number of phenols is 1. The molecule has 7 N–H and O–H groups in total. The van der Waals surface area contributed by atoms with Gasteiger partial charge in [-0.15, -0.1) is 0 Å². The van der Waals surface area contributed by atoms with Crippen LogP contribution in [0.3, 0.4) is 0 Å². The first-order chi connectivity index (χ1) is 29.5. The number of phenolic OH excluding ortho intramolecular Hbond substituents is 1. The van der Waals surface area contributed by atoms with Gasteiger partial charge in [-0.05, 0) is 147 Å². The lowest BCUT2D eigenvalue weighted by Gasteiger charge is -2.49. The van der Waals surface area contributed by atoms with Crippen molar-refractivity contribution in [1.29, 1.82) is 0 Å². The smallest absolute Gasteiger partial charge is 0.160 e. The number of nitrogens with one attached hydrogen (secondary N) is 2. The number of nitrogens with two attached hydrogens (primary N) is 1. The van der Waals surface area contributed by atoms with Gasteiger partial charge in [-0.1, -0.05) is 73.2 Å². The summed E-state index contributed by atoms with van der Waals surface area (Å²) in [4.78, 5) is 26.7. The van der Waals surface area contributed by atoms with Crippen molar-refractivity contribution in [1.82, 2.24) is 10.6 Å². The third-order valence-electron chi connectivity index (χ3n) is 15.7. The molecule has 2 heterocycles. The zero-order valence-corrected chi connectivity index (χ0v) is 36.0. The molecule has 3 saturated carbocycles. The zero-order chi connectivity index (χ0) is 42.6. The Balaban J connectivity index is 1.00. The second-order valence-electron chi connectivity index (χ2n) is 19.4. The van der Waals surface area contributed by atoms with Gasteiger partial charge in [-0.3, -0.25) is 9.59 Å².